The molecule has 1 amide bonds. The summed E-state index contributed by atoms with van der Waals surface area (Å²) < 4.78 is 24.7. The lowest BCUT2D eigenvalue weighted by Crippen LogP contribution is -2.54. The molecule has 2 unspecified atom stereocenters. The highest BCUT2D eigenvalue weighted by atomic mass is 32.2. The number of unbranched alkanes of at least 4 members (excludes halogenated alkanes) is 3. The maximum atomic E-state index is 13.7. The van der Waals surface area contributed by atoms with Crippen molar-refractivity contribution in [2.45, 2.75) is 101 Å². The zero-order valence-corrected chi connectivity index (χ0v) is 20.5. The molecule has 0 bridgehead atoms. The van der Waals surface area contributed by atoms with Gasteiger partial charge in [0.15, 0.2) is 5.78 Å². The zero-order valence-electron chi connectivity index (χ0n) is 19.7. The molecule has 31 heavy (non-hydrogen) atoms. The third-order valence-electron chi connectivity index (χ3n) is 5.28. The molecule has 0 spiro atoms. The number of amides is 1. The number of rotatable bonds is 9. The minimum Gasteiger partial charge on any atom is -0.444 e. The Morgan fingerprint density at radius 1 is 1.19 bits per heavy atom. The molecule has 1 heterocycles. The normalized spacial score (nSPS) is 20.3. The highest BCUT2D eigenvalue weighted by molar-refractivity contribution is 7.86. The molecule has 1 aromatic rings. The van der Waals surface area contributed by atoms with Crippen molar-refractivity contribution in [1.29, 1.82) is 0 Å². The van der Waals surface area contributed by atoms with Gasteiger partial charge >= 0.3 is 6.09 Å². The fourth-order valence-corrected chi connectivity index (χ4v) is 5.22. The summed E-state index contributed by atoms with van der Waals surface area (Å²) >= 11 is 0. The van der Waals surface area contributed by atoms with Crippen LogP contribution >= 0.6 is 0 Å². The van der Waals surface area contributed by atoms with Crippen LogP contribution in [0.1, 0.15) is 73.6 Å². The number of carbonyl (C=O) groups excluding carboxylic acids is 2. The predicted molar refractivity (Wildman–Crippen MR) is 122 cm³/mol. The van der Waals surface area contributed by atoms with E-state index in [0.29, 0.717) is 11.3 Å². The summed E-state index contributed by atoms with van der Waals surface area (Å²) in [6.07, 6.45) is 3.86. The lowest BCUT2D eigenvalue weighted by Gasteiger charge is -2.35. The Kier molecular flexibility index (Phi) is 8.83. The average Bonchev–Trinajstić information content (AvgIpc) is 3.01. The number of nitrogens with zero attached hydrogens (tertiary/aromatic N) is 1. The van der Waals surface area contributed by atoms with Crippen molar-refractivity contribution in [1.82, 2.24) is 4.90 Å². The molecule has 1 aliphatic rings. The number of benzene rings is 1. The smallest absolute Gasteiger partial charge is 0.413 e. The van der Waals surface area contributed by atoms with Gasteiger partial charge in [0.1, 0.15) is 22.6 Å². The van der Waals surface area contributed by atoms with Gasteiger partial charge in [0.05, 0.1) is 17.4 Å². The zero-order chi connectivity index (χ0) is 23.2. The first-order chi connectivity index (χ1) is 14.5. The fourth-order valence-electron chi connectivity index (χ4n) is 3.71. The summed E-state index contributed by atoms with van der Waals surface area (Å²) in [5, 5.41) is -0.702. The van der Waals surface area contributed by atoms with Crippen LogP contribution in [-0.4, -0.2) is 50.2 Å². The lowest BCUT2D eigenvalue weighted by molar-refractivity contribution is -0.124. The van der Waals surface area contributed by atoms with Crippen LogP contribution in [0.25, 0.3) is 0 Å². The molecule has 0 saturated carbocycles. The van der Waals surface area contributed by atoms with E-state index in [1.54, 1.807) is 46.8 Å². The minimum absolute atomic E-state index is 0.0720. The molecule has 174 valence electrons. The SMILES string of the molecule is CCCCCCC(C(=O)[C@@H]1COC(C)(C)N1C(=O)OC(C)(C)C)S(=O)c1ccccc1. The number of hydrogen-bond acceptors (Lipinski definition) is 5. The topological polar surface area (TPSA) is 72.9 Å². The first-order valence-corrected chi connectivity index (χ1v) is 12.3. The number of Topliss-reactive ketones (excluding diaryl/α,β-unsaturated/α-hetero) is 1. The van der Waals surface area contributed by atoms with E-state index in [1.807, 2.05) is 18.2 Å². The Balaban J connectivity index is 2.30. The summed E-state index contributed by atoms with van der Waals surface area (Å²) in [6.45, 7) is 11.0. The van der Waals surface area contributed by atoms with E-state index < -0.39 is 39.5 Å². The molecule has 1 aliphatic heterocycles. The Labute approximate surface area is 189 Å². The second kappa shape index (κ2) is 10.7. The molecule has 0 N–H and O–H groups in total. The second-order valence-electron chi connectivity index (χ2n) is 9.47. The van der Waals surface area contributed by atoms with E-state index in [1.165, 1.54) is 4.90 Å². The maximum absolute atomic E-state index is 13.7. The standard InChI is InChI=1S/C24H37NO5S/c1-7-8-9-13-16-20(31(28)18-14-11-10-12-15-18)21(26)19-17-29-24(5,6)25(19)22(27)30-23(2,3)4/h10-12,14-15,19-20H,7-9,13,16-17H2,1-6H3/t19-,20?,31?/m0/s1. The lowest BCUT2D eigenvalue weighted by atomic mass is 10.0. The number of hydrogen-bond donors (Lipinski definition) is 0. The van der Waals surface area contributed by atoms with Crippen LogP contribution in [0, 0.1) is 0 Å². The van der Waals surface area contributed by atoms with Gasteiger partial charge < -0.3 is 9.47 Å². The fraction of sp³-hybridized carbons (Fsp3) is 0.667. The van der Waals surface area contributed by atoms with Crippen LogP contribution in [0.5, 0.6) is 0 Å². The molecule has 0 aromatic heterocycles. The van der Waals surface area contributed by atoms with Gasteiger partial charge in [-0.15, -0.1) is 0 Å². The van der Waals surface area contributed by atoms with Crippen LogP contribution in [0.2, 0.25) is 0 Å². The van der Waals surface area contributed by atoms with Crippen molar-refractivity contribution in [3.05, 3.63) is 30.3 Å². The number of ketones is 1. The molecule has 6 nitrogen and oxygen atoms in total. The van der Waals surface area contributed by atoms with Crippen LogP contribution in [0.15, 0.2) is 35.2 Å². The van der Waals surface area contributed by atoms with E-state index in [0.717, 1.165) is 25.7 Å². The van der Waals surface area contributed by atoms with E-state index in [-0.39, 0.29) is 12.4 Å². The Morgan fingerprint density at radius 3 is 2.42 bits per heavy atom. The highest BCUT2D eigenvalue weighted by Crippen LogP contribution is 2.32. The van der Waals surface area contributed by atoms with Gasteiger partial charge in [-0.25, -0.2) is 4.79 Å². The van der Waals surface area contributed by atoms with Crippen molar-refractivity contribution >= 4 is 22.7 Å². The van der Waals surface area contributed by atoms with Gasteiger partial charge in [0.2, 0.25) is 0 Å². The molecule has 7 heteroatoms. The summed E-state index contributed by atoms with van der Waals surface area (Å²) in [6, 6.07) is 8.23. The van der Waals surface area contributed by atoms with Crippen LogP contribution in [0.3, 0.4) is 0 Å². The van der Waals surface area contributed by atoms with Crippen molar-refractivity contribution in [3.8, 4) is 0 Å². The molecule has 1 aromatic carbocycles. The second-order valence-corrected chi connectivity index (χ2v) is 11.1. The van der Waals surface area contributed by atoms with Gasteiger partial charge in [-0.05, 0) is 53.2 Å². The molecule has 1 saturated heterocycles. The summed E-state index contributed by atoms with van der Waals surface area (Å²) in [5.41, 5.74) is -1.68. The minimum atomic E-state index is -1.51. The molecular weight excluding hydrogens is 414 g/mol. The molecular formula is C24H37NO5S. The number of carbonyl (C=O) groups is 2. The summed E-state index contributed by atoms with van der Waals surface area (Å²) in [4.78, 5) is 28.6. The van der Waals surface area contributed by atoms with E-state index in [9.17, 15) is 13.8 Å². The Hall–Kier alpha value is -1.73. The van der Waals surface area contributed by atoms with Gasteiger partial charge in [-0.2, -0.15) is 0 Å². The van der Waals surface area contributed by atoms with Crippen LogP contribution in [-0.2, 0) is 25.1 Å². The van der Waals surface area contributed by atoms with E-state index >= 15 is 0 Å². The predicted octanol–water partition coefficient (Wildman–Crippen LogP) is 5.07. The molecule has 2 rings (SSSR count). The monoisotopic (exact) mass is 451 g/mol. The summed E-state index contributed by atoms with van der Waals surface area (Å²) in [7, 11) is -1.51. The molecule has 1 fully saturated rings. The van der Waals surface area contributed by atoms with E-state index in [4.69, 9.17) is 9.47 Å². The van der Waals surface area contributed by atoms with Crippen LogP contribution in [0.4, 0.5) is 4.79 Å². The maximum Gasteiger partial charge on any atom is 0.413 e. The quantitative estimate of drug-likeness (QED) is 0.490. The third-order valence-corrected chi connectivity index (χ3v) is 7.00. The van der Waals surface area contributed by atoms with Crippen molar-refractivity contribution in [3.63, 3.8) is 0 Å². The van der Waals surface area contributed by atoms with Gasteiger partial charge in [0, 0.05) is 4.90 Å². The first-order valence-electron chi connectivity index (χ1n) is 11.1. The van der Waals surface area contributed by atoms with Gasteiger partial charge in [-0.3, -0.25) is 13.9 Å². The van der Waals surface area contributed by atoms with Gasteiger partial charge in [0.25, 0.3) is 0 Å². The molecule has 3 atom stereocenters. The number of ether oxygens (including phenoxy) is 2. The third kappa shape index (κ3) is 6.88. The Morgan fingerprint density at radius 2 is 1.84 bits per heavy atom. The Bertz CT molecular complexity index is 772. The largest absolute Gasteiger partial charge is 0.444 e. The van der Waals surface area contributed by atoms with E-state index in [2.05, 4.69) is 6.92 Å². The first kappa shape index (κ1) is 25.5. The summed E-state index contributed by atoms with van der Waals surface area (Å²) in [5.74, 6) is -0.227. The van der Waals surface area contributed by atoms with Crippen molar-refractivity contribution in [2.75, 3.05) is 6.61 Å². The van der Waals surface area contributed by atoms with Crippen molar-refractivity contribution in [2.24, 2.45) is 0 Å². The van der Waals surface area contributed by atoms with Crippen LogP contribution < -0.4 is 0 Å². The molecule has 0 aliphatic carbocycles. The molecule has 0 radical (unpaired) electrons. The highest BCUT2D eigenvalue weighted by Gasteiger charge is 2.50. The average molecular weight is 452 g/mol. The van der Waals surface area contributed by atoms with Gasteiger partial charge in [-0.1, -0.05) is 50.8 Å². The van der Waals surface area contributed by atoms with Crippen molar-refractivity contribution < 1.29 is 23.3 Å².